The van der Waals surface area contributed by atoms with Crippen molar-refractivity contribution in [1.82, 2.24) is 0 Å². The molecule has 5 nitrogen and oxygen atoms in total. The minimum Gasteiger partial charge on any atom is -0.497 e. The van der Waals surface area contributed by atoms with Crippen LogP contribution in [-0.4, -0.2) is 31.9 Å². The Morgan fingerprint density at radius 1 is 1.36 bits per heavy atom. The summed E-state index contributed by atoms with van der Waals surface area (Å²) in [5.41, 5.74) is -0.0494. The highest BCUT2D eigenvalue weighted by Crippen LogP contribution is 2.48. The molecule has 0 aliphatic carbocycles. The van der Waals surface area contributed by atoms with Crippen LogP contribution >= 0.6 is 0 Å². The minimum absolute atomic E-state index is 0.261. The van der Waals surface area contributed by atoms with Crippen LogP contribution in [-0.2, 0) is 19.7 Å². The summed E-state index contributed by atoms with van der Waals surface area (Å²) in [7, 11) is 1.62. The summed E-state index contributed by atoms with van der Waals surface area (Å²) < 4.78 is 16.4. The maximum Gasteiger partial charge on any atom is 0.324 e. The number of rotatable bonds is 6. The third-order valence-electron chi connectivity index (χ3n) is 5.30. The Bertz CT molecular complexity index is 636. The van der Waals surface area contributed by atoms with E-state index in [-0.39, 0.29) is 12.2 Å². The van der Waals surface area contributed by atoms with Crippen molar-refractivity contribution in [1.29, 1.82) is 5.26 Å². The van der Waals surface area contributed by atoms with Crippen molar-refractivity contribution in [3.63, 3.8) is 0 Å². The van der Waals surface area contributed by atoms with Crippen molar-refractivity contribution in [3.05, 3.63) is 29.8 Å². The monoisotopic (exact) mass is 345 g/mol. The number of hydrogen-bond donors (Lipinski definition) is 0. The molecule has 1 aliphatic rings. The molecule has 0 N–H and O–H groups in total. The predicted octanol–water partition coefficient (Wildman–Crippen LogP) is 3.61. The molecule has 0 unspecified atom stereocenters. The molecular weight excluding hydrogens is 318 g/mol. The third-order valence-corrected chi connectivity index (χ3v) is 5.30. The maximum absolute atomic E-state index is 12.6. The molecule has 2 rings (SSSR count). The second-order valence-electron chi connectivity index (χ2n) is 6.78. The summed E-state index contributed by atoms with van der Waals surface area (Å²) >= 11 is 0. The van der Waals surface area contributed by atoms with Gasteiger partial charge in [-0.1, -0.05) is 19.1 Å². The van der Waals surface area contributed by atoms with Crippen LogP contribution in [0.4, 0.5) is 0 Å². The number of carbonyl (C=O) groups is 1. The average molecular weight is 345 g/mol. The third kappa shape index (κ3) is 3.80. The molecule has 1 heterocycles. The molecule has 0 amide bonds. The molecule has 0 bridgehead atoms. The van der Waals surface area contributed by atoms with Crippen LogP contribution in [0.3, 0.4) is 0 Å². The first-order valence-corrected chi connectivity index (χ1v) is 8.79. The van der Waals surface area contributed by atoms with Crippen molar-refractivity contribution in [2.75, 3.05) is 20.3 Å². The molecule has 1 aromatic carbocycles. The van der Waals surface area contributed by atoms with Gasteiger partial charge in [-0.05, 0) is 50.8 Å². The molecule has 25 heavy (non-hydrogen) atoms. The van der Waals surface area contributed by atoms with Gasteiger partial charge >= 0.3 is 5.97 Å². The van der Waals surface area contributed by atoms with Gasteiger partial charge in [-0.3, -0.25) is 4.79 Å². The predicted molar refractivity (Wildman–Crippen MR) is 94.3 cm³/mol. The van der Waals surface area contributed by atoms with Gasteiger partial charge < -0.3 is 14.2 Å². The summed E-state index contributed by atoms with van der Waals surface area (Å²) in [6, 6.07) is 9.86. The molecular formula is C20H27NO4. The molecule has 3 atom stereocenters. The first-order chi connectivity index (χ1) is 11.9. The summed E-state index contributed by atoms with van der Waals surface area (Å²) in [5.74, 6) is -0.578. The molecule has 136 valence electrons. The van der Waals surface area contributed by atoms with Gasteiger partial charge in [-0.15, -0.1) is 0 Å². The Hall–Kier alpha value is -2.06. The molecule has 0 radical (unpaired) electrons. The normalized spacial score (nSPS) is 27.2. The van der Waals surface area contributed by atoms with E-state index in [0.29, 0.717) is 19.4 Å². The van der Waals surface area contributed by atoms with E-state index in [4.69, 9.17) is 14.2 Å². The molecule has 5 heteroatoms. The highest BCUT2D eigenvalue weighted by atomic mass is 16.5. The Balaban J connectivity index is 2.53. The highest BCUT2D eigenvalue weighted by Gasteiger charge is 2.51. The van der Waals surface area contributed by atoms with E-state index in [1.54, 1.807) is 14.0 Å². The van der Waals surface area contributed by atoms with Crippen LogP contribution in [0.25, 0.3) is 0 Å². The van der Waals surface area contributed by atoms with Crippen molar-refractivity contribution in [3.8, 4) is 11.8 Å². The van der Waals surface area contributed by atoms with Crippen molar-refractivity contribution >= 4 is 5.97 Å². The average Bonchev–Trinajstić information content (AvgIpc) is 2.62. The Morgan fingerprint density at radius 2 is 2.04 bits per heavy atom. The first-order valence-electron chi connectivity index (χ1n) is 8.79. The quantitative estimate of drug-likeness (QED) is 0.737. The SMILES string of the molecule is CCOC(=O)[C@H](C#N)[C@@]1(c2ccc(OC)cc2)CCO[C@](C)(CC)C1. The largest absolute Gasteiger partial charge is 0.497 e. The number of nitrogens with zero attached hydrogens (tertiary/aromatic N) is 1. The molecule has 1 aliphatic heterocycles. The number of esters is 1. The summed E-state index contributed by atoms with van der Waals surface area (Å²) in [5, 5.41) is 9.83. The number of ether oxygens (including phenoxy) is 3. The van der Waals surface area contributed by atoms with Crippen LogP contribution in [0.2, 0.25) is 0 Å². The van der Waals surface area contributed by atoms with Crippen LogP contribution in [0.1, 0.15) is 45.6 Å². The summed E-state index contributed by atoms with van der Waals surface area (Å²) in [6.45, 7) is 6.64. The summed E-state index contributed by atoms with van der Waals surface area (Å²) in [6.07, 6.45) is 2.01. The van der Waals surface area contributed by atoms with Crippen LogP contribution in [0.5, 0.6) is 5.75 Å². The minimum atomic E-state index is -0.865. The van der Waals surface area contributed by atoms with Gasteiger partial charge in [0, 0.05) is 12.0 Å². The molecule has 1 fully saturated rings. The van der Waals surface area contributed by atoms with E-state index < -0.39 is 17.3 Å². The summed E-state index contributed by atoms with van der Waals surface area (Å²) in [4.78, 5) is 12.6. The van der Waals surface area contributed by atoms with E-state index in [2.05, 4.69) is 13.0 Å². The maximum atomic E-state index is 12.6. The Labute approximate surface area is 149 Å². The Kier molecular flexibility index (Phi) is 6.07. The van der Waals surface area contributed by atoms with Gasteiger partial charge in [-0.2, -0.15) is 5.26 Å². The zero-order valence-corrected chi connectivity index (χ0v) is 15.5. The van der Waals surface area contributed by atoms with Crippen molar-refractivity contribution in [2.24, 2.45) is 5.92 Å². The molecule has 1 saturated heterocycles. The van der Waals surface area contributed by atoms with E-state index in [1.807, 2.05) is 31.2 Å². The fourth-order valence-corrected chi connectivity index (χ4v) is 3.72. The second-order valence-corrected chi connectivity index (χ2v) is 6.78. The van der Waals surface area contributed by atoms with Gasteiger partial charge in [0.25, 0.3) is 0 Å². The number of hydrogen-bond acceptors (Lipinski definition) is 5. The molecule has 0 spiro atoms. The van der Waals surface area contributed by atoms with E-state index in [1.165, 1.54) is 0 Å². The standard InChI is InChI=1S/C20H27NO4/c1-5-19(3)14-20(11-12-25-19,17(13-21)18(22)24-6-2)15-7-9-16(23-4)10-8-15/h7-10,17H,5-6,11-12,14H2,1-4H3/t17-,19+,20-/m0/s1. The van der Waals surface area contributed by atoms with Gasteiger partial charge in [0.2, 0.25) is 0 Å². The second kappa shape index (κ2) is 7.88. The van der Waals surface area contributed by atoms with Gasteiger partial charge in [0.1, 0.15) is 5.75 Å². The fourth-order valence-electron chi connectivity index (χ4n) is 3.72. The molecule has 0 aromatic heterocycles. The lowest BCUT2D eigenvalue weighted by Gasteiger charge is -2.47. The number of carbonyl (C=O) groups excluding carboxylic acids is 1. The molecule has 0 saturated carbocycles. The van der Waals surface area contributed by atoms with Crippen molar-refractivity contribution < 1.29 is 19.0 Å². The van der Waals surface area contributed by atoms with Crippen molar-refractivity contribution in [2.45, 2.75) is 51.0 Å². The van der Waals surface area contributed by atoms with Crippen LogP contribution < -0.4 is 4.74 Å². The zero-order chi connectivity index (χ0) is 18.5. The van der Waals surface area contributed by atoms with Crippen LogP contribution in [0.15, 0.2) is 24.3 Å². The lowest BCUT2D eigenvalue weighted by molar-refractivity contribution is -0.154. The van der Waals surface area contributed by atoms with E-state index in [0.717, 1.165) is 17.7 Å². The van der Waals surface area contributed by atoms with E-state index >= 15 is 0 Å². The van der Waals surface area contributed by atoms with E-state index in [9.17, 15) is 10.1 Å². The lowest BCUT2D eigenvalue weighted by Crippen LogP contribution is -2.51. The van der Waals surface area contributed by atoms with Gasteiger partial charge in [0.05, 0.1) is 25.4 Å². The smallest absolute Gasteiger partial charge is 0.324 e. The zero-order valence-electron chi connectivity index (χ0n) is 15.5. The number of methoxy groups -OCH3 is 1. The first kappa shape index (κ1) is 19.3. The van der Waals surface area contributed by atoms with Gasteiger partial charge in [0.15, 0.2) is 5.92 Å². The number of benzene rings is 1. The molecule has 1 aromatic rings. The Morgan fingerprint density at radius 3 is 2.56 bits per heavy atom. The topological polar surface area (TPSA) is 68.6 Å². The fraction of sp³-hybridized carbons (Fsp3) is 0.600. The highest BCUT2D eigenvalue weighted by molar-refractivity contribution is 5.77. The van der Waals surface area contributed by atoms with Crippen LogP contribution in [0, 0.1) is 17.2 Å². The number of nitriles is 1. The lowest BCUT2D eigenvalue weighted by atomic mass is 9.61. The van der Waals surface area contributed by atoms with Gasteiger partial charge in [-0.25, -0.2) is 0 Å².